The third-order valence-electron chi connectivity index (χ3n) is 6.13. The monoisotopic (exact) mass is 637 g/mol. The lowest BCUT2D eigenvalue weighted by Gasteiger charge is -2.35. The minimum atomic E-state index is -2.76. The van der Waals surface area contributed by atoms with Gasteiger partial charge in [-0.05, 0) is 103 Å². The fraction of sp³-hybridized carbons (Fsp3) is 0.533. The Bertz CT molecular complexity index is 974. The molecule has 2 aromatic carbocycles. The Morgan fingerprint density at radius 1 is 0.757 bits per heavy atom. The molecule has 0 spiro atoms. The summed E-state index contributed by atoms with van der Waals surface area (Å²) < 4.78 is 19.0. The Kier molecular flexibility index (Phi) is 12.1. The molecule has 0 aromatic heterocycles. The molecular formula is C30H46IN2O3Si-. The normalized spacial score (nSPS) is 13.8. The van der Waals surface area contributed by atoms with Crippen LogP contribution in [-0.2, 0) is 13.3 Å². The molecule has 1 heterocycles. The maximum atomic E-state index is 6.35. The van der Waals surface area contributed by atoms with Crippen molar-refractivity contribution < 1.29 is 37.3 Å². The Morgan fingerprint density at radius 2 is 1.27 bits per heavy atom. The van der Waals surface area contributed by atoms with Crippen molar-refractivity contribution in [3.05, 3.63) is 65.5 Å². The summed E-state index contributed by atoms with van der Waals surface area (Å²) in [4.78, 5) is 4.72. The molecule has 0 amide bonds. The van der Waals surface area contributed by atoms with Crippen molar-refractivity contribution in [2.75, 3.05) is 18.1 Å². The number of benzene rings is 2. The van der Waals surface area contributed by atoms with Crippen molar-refractivity contribution in [2.45, 2.75) is 93.1 Å². The maximum Gasteiger partial charge on any atom is 0.501 e. The highest BCUT2D eigenvalue weighted by atomic mass is 127. The van der Waals surface area contributed by atoms with Crippen LogP contribution >= 0.6 is 0 Å². The predicted molar refractivity (Wildman–Crippen MR) is 153 cm³/mol. The smallest absolute Gasteiger partial charge is 0.501 e. The highest BCUT2D eigenvalue weighted by Gasteiger charge is 2.43. The Balaban J connectivity index is 0.00000481. The molecule has 0 saturated heterocycles. The van der Waals surface area contributed by atoms with Gasteiger partial charge in [0.05, 0.1) is 6.67 Å². The zero-order chi connectivity index (χ0) is 26.5. The molecule has 206 valence electrons. The van der Waals surface area contributed by atoms with Crippen molar-refractivity contribution in [1.82, 2.24) is 4.90 Å². The summed E-state index contributed by atoms with van der Waals surface area (Å²) in [6, 6.07) is 14.2. The van der Waals surface area contributed by atoms with E-state index in [1.54, 1.807) is 0 Å². The van der Waals surface area contributed by atoms with Crippen LogP contribution in [0.25, 0.3) is 11.1 Å². The number of rotatable bonds is 12. The molecule has 5 nitrogen and oxygen atoms in total. The molecule has 2 aromatic rings. The van der Waals surface area contributed by atoms with Gasteiger partial charge in [0.1, 0.15) is 0 Å². The summed E-state index contributed by atoms with van der Waals surface area (Å²) >= 11 is 0. The summed E-state index contributed by atoms with van der Waals surface area (Å²) in [6.07, 6.45) is 5.58. The minimum Gasteiger partial charge on any atom is -1.00 e. The van der Waals surface area contributed by atoms with Crippen molar-refractivity contribution in [1.29, 1.82) is 0 Å². The SMILES string of the molecule is Cc1ccc(-c2cc(C)c(N3C=CN(CCC[Si](OC(C)C)(OC(C)C)OC(C)C)C3)c(C)c2)cc1.[I-]. The summed E-state index contributed by atoms with van der Waals surface area (Å²) in [6.45, 7) is 20.7. The van der Waals surface area contributed by atoms with Gasteiger partial charge in [0.25, 0.3) is 0 Å². The molecule has 0 bridgehead atoms. The molecule has 0 unspecified atom stereocenters. The second-order valence-corrected chi connectivity index (χ2v) is 13.4. The topological polar surface area (TPSA) is 34.2 Å². The van der Waals surface area contributed by atoms with E-state index in [1.165, 1.54) is 33.5 Å². The quantitative estimate of drug-likeness (QED) is 0.254. The molecular weight excluding hydrogens is 591 g/mol. The molecule has 0 N–H and O–H groups in total. The Hall–Kier alpha value is -1.39. The molecule has 0 fully saturated rings. The first kappa shape index (κ1) is 31.8. The van der Waals surface area contributed by atoms with Gasteiger partial charge in [0.2, 0.25) is 0 Å². The number of hydrogen-bond acceptors (Lipinski definition) is 5. The van der Waals surface area contributed by atoms with Crippen molar-refractivity contribution in [3.63, 3.8) is 0 Å². The van der Waals surface area contributed by atoms with Crippen LogP contribution in [0, 0.1) is 20.8 Å². The van der Waals surface area contributed by atoms with Gasteiger partial charge in [-0.2, -0.15) is 0 Å². The van der Waals surface area contributed by atoms with Crippen molar-refractivity contribution >= 4 is 14.5 Å². The van der Waals surface area contributed by atoms with Gasteiger partial charge in [-0.15, -0.1) is 0 Å². The third-order valence-corrected chi connectivity index (χ3v) is 9.59. The van der Waals surface area contributed by atoms with Crippen molar-refractivity contribution in [2.24, 2.45) is 0 Å². The number of aryl methyl sites for hydroxylation is 3. The van der Waals surface area contributed by atoms with Crippen LogP contribution in [-0.4, -0.2) is 45.2 Å². The van der Waals surface area contributed by atoms with Gasteiger partial charge in [0.15, 0.2) is 0 Å². The second kappa shape index (κ2) is 14.1. The lowest BCUT2D eigenvalue weighted by atomic mass is 9.98. The summed E-state index contributed by atoms with van der Waals surface area (Å²) in [5.74, 6) is 0. The van der Waals surface area contributed by atoms with E-state index >= 15 is 0 Å². The standard InChI is InChI=1S/C30H46N2O3Si.HI/c1-22(2)33-36(34-23(3)4,35-24(5)6)18-10-15-31-16-17-32(21-31)30-26(8)19-29(20-27(30)9)28-13-11-25(7)12-14-28;/h11-14,16-17,19-20,22-24H,10,15,18,21H2,1-9H3;1H/p-1. The summed E-state index contributed by atoms with van der Waals surface area (Å²) in [5.41, 5.74) is 7.71. The van der Waals surface area contributed by atoms with Crippen molar-refractivity contribution in [3.8, 4) is 11.1 Å². The molecule has 0 radical (unpaired) electrons. The predicted octanol–water partition coefficient (Wildman–Crippen LogP) is 4.44. The molecule has 0 aliphatic carbocycles. The Labute approximate surface area is 243 Å². The van der Waals surface area contributed by atoms with Crippen LogP contribution in [0.2, 0.25) is 6.04 Å². The summed E-state index contributed by atoms with van der Waals surface area (Å²) in [7, 11) is -2.76. The van der Waals surface area contributed by atoms with Gasteiger partial charge in [-0.1, -0.05) is 29.8 Å². The molecule has 1 aliphatic rings. The molecule has 37 heavy (non-hydrogen) atoms. The highest BCUT2D eigenvalue weighted by molar-refractivity contribution is 6.60. The van der Waals surface area contributed by atoms with Crippen LogP contribution in [0.15, 0.2) is 48.8 Å². The molecule has 0 atom stereocenters. The highest BCUT2D eigenvalue weighted by Crippen LogP contribution is 2.33. The minimum absolute atomic E-state index is 0. The zero-order valence-corrected chi connectivity index (χ0v) is 27.3. The van der Waals surface area contributed by atoms with E-state index in [0.29, 0.717) is 0 Å². The average Bonchev–Trinajstić information content (AvgIpc) is 3.20. The van der Waals surface area contributed by atoms with E-state index in [2.05, 4.69) is 121 Å². The van der Waals surface area contributed by atoms with E-state index in [0.717, 1.165) is 25.7 Å². The van der Waals surface area contributed by atoms with Crippen LogP contribution in [0.5, 0.6) is 0 Å². The van der Waals surface area contributed by atoms with Gasteiger partial charge >= 0.3 is 8.80 Å². The number of hydrogen-bond donors (Lipinski definition) is 0. The first-order chi connectivity index (χ1) is 17.0. The van der Waals surface area contributed by atoms with Gasteiger partial charge in [0, 0.05) is 49.0 Å². The van der Waals surface area contributed by atoms with Crippen LogP contribution in [0.4, 0.5) is 5.69 Å². The zero-order valence-electron chi connectivity index (χ0n) is 24.2. The molecule has 3 rings (SSSR count). The first-order valence-electron chi connectivity index (χ1n) is 13.4. The largest absolute Gasteiger partial charge is 1.00 e. The van der Waals surface area contributed by atoms with Crippen LogP contribution < -0.4 is 28.9 Å². The maximum absolute atomic E-state index is 6.35. The molecule has 1 aliphatic heterocycles. The van der Waals surface area contributed by atoms with Gasteiger partial charge in [-0.3, -0.25) is 0 Å². The van der Waals surface area contributed by atoms with E-state index in [9.17, 15) is 0 Å². The average molecular weight is 638 g/mol. The number of anilines is 1. The fourth-order valence-corrected chi connectivity index (χ4v) is 8.18. The fourth-order valence-electron chi connectivity index (χ4n) is 4.91. The lowest BCUT2D eigenvalue weighted by molar-refractivity contribution is -0.000390. The van der Waals surface area contributed by atoms with Gasteiger partial charge < -0.3 is 47.1 Å². The van der Waals surface area contributed by atoms with E-state index in [1.807, 2.05) is 0 Å². The van der Waals surface area contributed by atoms with E-state index in [4.69, 9.17) is 13.3 Å². The second-order valence-electron chi connectivity index (χ2n) is 10.8. The first-order valence-corrected chi connectivity index (χ1v) is 15.3. The molecule has 7 heteroatoms. The third kappa shape index (κ3) is 9.09. The van der Waals surface area contributed by atoms with E-state index in [-0.39, 0.29) is 42.3 Å². The molecule has 0 saturated carbocycles. The van der Waals surface area contributed by atoms with E-state index < -0.39 is 8.80 Å². The number of halogens is 1. The summed E-state index contributed by atoms with van der Waals surface area (Å²) in [5, 5.41) is 0. The lowest BCUT2D eigenvalue weighted by Crippen LogP contribution is -3.00. The van der Waals surface area contributed by atoms with Crippen LogP contribution in [0.3, 0.4) is 0 Å². The Morgan fingerprint density at radius 3 is 1.76 bits per heavy atom. The van der Waals surface area contributed by atoms with Gasteiger partial charge in [-0.25, -0.2) is 0 Å². The van der Waals surface area contributed by atoms with Crippen LogP contribution in [0.1, 0.15) is 64.7 Å². The number of nitrogens with zero attached hydrogens (tertiary/aromatic N) is 2.